The lowest BCUT2D eigenvalue weighted by Gasteiger charge is -2.12. The summed E-state index contributed by atoms with van der Waals surface area (Å²) >= 11 is 1.64. The van der Waals surface area contributed by atoms with E-state index in [0.717, 1.165) is 12.0 Å². The molecule has 1 unspecified atom stereocenters. The maximum absolute atomic E-state index is 13.5. The monoisotopic (exact) mass is 251 g/mol. The normalized spacial score (nSPS) is 12.4. The van der Waals surface area contributed by atoms with Crippen LogP contribution in [0.15, 0.2) is 35.0 Å². The Labute approximate surface area is 104 Å². The Morgan fingerprint density at radius 3 is 2.82 bits per heavy atom. The molecule has 1 heterocycles. The van der Waals surface area contributed by atoms with Gasteiger partial charge in [-0.2, -0.15) is 11.3 Å². The van der Waals surface area contributed by atoms with Crippen LogP contribution in [0.4, 0.5) is 4.39 Å². The summed E-state index contributed by atoms with van der Waals surface area (Å²) in [6.07, 6.45) is 0.718. The van der Waals surface area contributed by atoms with E-state index in [4.69, 9.17) is 10.5 Å². The molecule has 0 radical (unpaired) electrons. The molecular weight excluding hydrogens is 237 g/mol. The highest BCUT2D eigenvalue weighted by atomic mass is 32.1. The molecule has 0 aliphatic carbocycles. The van der Waals surface area contributed by atoms with Gasteiger partial charge in [0.05, 0.1) is 7.11 Å². The molecule has 1 atom stereocenters. The van der Waals surface area contributed by atoms with Crippen LogP contribution in [0.25, 0.3) is 0 Å². The molecule has 0 saturated heterocycles. The van der Waals surface area contributed by atoms with E-state index in [9.17, 15) is 4.39 Å². The molecule has 0 fully saturated rings. The highest BCUT2D eigenvalue weighted by Gasteiger charge is 2.10. The van der Waals surface area contributed by atoms with Gasteiger partial charge in [-0.3, -0.25) is 0 Å². The van der Waals surface area contributed by atoms with E-state index in [2.05, 4.69) is 5.38 Å². The molecule has 0 spiro atoms. The Morgan fingerprint density at radius 1 is 1.41 bits per heavy atom. The second-order valence-electron chi connectivity index (χ2n) is 3.84. The zero-order valence-electron chi connectivity index (χ0n) is 9.52. The highest BCUT2D eigenvalue weighted by Crippen LogP contribution is 2.23. The smallest absolute Gasteiger partial charge is 0.165 e. The van der Waals surface area contributed by atoms with Gasteiger partial charge >= 0.3 is 0 Å². The maximum atomic E-state index is 13.5. The van der Waals surface area contributed by atoms with Gasteiger partial charge in [-0.1, -0.05) is 6.07 Å². The molecule has 1 aromatic carbocycles. The minimum atomic E-state index is -0.370. The Hall–Kier alpha value is -1.39. The first-order valence-corrected chi connectivity index (χ1v) is 6.25. The van der Waals surface area contributed by atoms with Gasteiger partial charge in [0.15, 0.2) is 11.6 Å². The number of methoxy groups -OCH3 is 1. The summed E-state index contributed by atoms with van der Waals surface area (Å²) < 4.78 is 18.4. The number of benzene rings is 1. The molecule has 0 aliphatic heterocycles. The fourth-order valence-corrected chi connectivity index (χ4v) is 2.38. The van der Waals surface area contributed by atoms with Crippen molar-refractivity contribution in [3.63, 3.8) is 0 Å². The summed E-state index contributed by atoms with van der Waals surface area (Å²) in [5.74, 6) is -0.123. The molecule has 0 aliphatic rings. The van der Waals surface area contributed by atoms with Crippen LogP contribution in [0.5, 0.6) is 5.75 Å². The van der Waals surface area contributed by atoms with Gasteiger partial charge in [0.2, 0.25) is 0 Å². The van der Waals surface area contributed by atoms with E-state index in [-0.39, 0.29) is 17.6 Å². The lowest BCUT2D eigenvalue weighted by molar-refractivity contribution is 0.386. The average molecular weight is 251 g/mol. The number of rotatable bonds is 4. The molecular formula is C13H14FNOS. The first-order valence-electron chi connectivity index (χ1n) is 5.31. The molecule has 90 valence electrons. The van der Waals surface area contributed by atoms with E-state index >= 15 is 0 Å². The van der Waals surface area contributed by atoms with Crippen molar-refractivity contribution in [1.82, 2.24) is 0 Å². The van der Waals surface area contributed by atoms with E-state index in [1.165, 1.54) is 18.7 Å². The summed E-state index contributed by atoms with van der Waals surface area (Å²) in [7, 11) is 1.45. The van der Waals surface area contributed by atoms with Gasteiger partial charge in [0, 0.05) is 6.04 Å². The van der Waals surface area contributed by atoms with E-state index < -0.39 is 0 Å². The fourth-order valence-electron chi connectivity index (χ4n) is 1.69. The summed E-state index contributed by atoms with van der Waals surface area (Å²) in [5, 5.41) is 4.07. The van der Waals surface area contributed by atoms with Crippen LogP contribution in [-0.4, -0.2) is 7.11 Å². The molecule has 2 N–H and O–H groups in total. The van der Waals surface area contributed by atoms with E-state index in [1.54, 1.807) is 23.5 Å². The van der Waals surface area contributed by atoms with E-state index in [1.807, 2.05) is 11.4 Å². The van der Waals surface area contributed by atoms with Crippen LogP contribution in [0.1, 0.15) is 17.2 Å². The Kier molecular flexibility index (Phi) is 3.76. The van der Waals surface area contributed by atoms with Crippen LogP contribution in [0.3, 0.4) is 0 Å². The molecule has 2 aromatic rings. The minimum absolute atomic E-state index is 0.190. The maximum Gasteiger partial charge on any atom is 0.165 e. The van der Waals surface area contributed by atoms with Gasteiger partial charge in [-0.25, -0.2) is 4.39 Å². The zero-order valence-corrected chi connectivity index (χ0v) is 10.3. The second kappa shape index (κ2) is 5.29. The van der Waals surface area contributed by atoms with Crippen molar-refractivity contribution in [3.05, 3.63) is 52.0 Å². The predicted octanol–water partition coefficient (Wildman–Crippen LogP) is 3.14. The third kappa shape index (κ3) is 2.84. The van der Waals surface area contributed by atoms with Crippen molar-refractivity contribution in [2.75, 3.05) is 7.11 Å². The largest absolute Gasteiger partial charge is 0.494 e. The Balaban J connectivity index is 2.14. The standard InChI is InChI=1S/C13H14FNOS/c1-16-13-3-2-10(7-11(13)14)12(15)6-9-4-5-17-8-9/h2-5,7-8,12H,6,15H2,1H3. The number of nitrogens with two attached hydrogens (primary N) is 1. The number of ether oxygens (including phenoxy) is 1. The quantitative estimate of drug-likeness (QED) is 0.906. The van der Waals surface area contributed by atoms with Gasteiger partial charge in [0.25, 0.3) is 0 Å². The average Bonchev–Trinajstić information content (AvgIpc) is 2.81. The van der Waals surface area contributed by atoms with Gasteiger partial charge in [-0.05, 0) is 46.5 Å². The van der Waals surface area contributed by atoms with Crippen molar-refractivity contribution >= 4 is 11.3 Å². The second-order valence-corrected chi connectivity index (χ2v) is 4.62. The van der Waals surface area contributed by atoms with Crippen molar-refractivity contribution in [2.24, 2.45) is 5.73 Å². The summed E-state index contributed by atoms with van der Waals surface area (Å²) in [6, 6.07) is 6.70. The molecule has 0 amide bonds. The van der Waals surface area contributed by atoms with Gasteiger partial charge < -0.3 is 10.5 Å². The van der Waals surface area contributed by atoms with Crippen molar-refractivity contribution in [1.29, 1.82) is 0 Å². The molecule has 2 rings (SSSR count). The van der Waals surface area contributed by atoms with Crippen LogP contribution in [-0.2, 0) is 6.42 Å². The van der Waals surface area contributed by atoms with Crippen molar-refractivity contribution in [2.45, 2.75) is 12.5 Å². The number of halogens is 1. The highest BCUT2D eigenvalue weighted by molar-refractivity contribution is 7.07. The molecule has 17 heavy (non-hydrogen) atoms. The van der Waals surface area contributed by atoms with Crippen LogP contribution in [0, 0.1) is 5.82 Å². The zero-order chi connectivity index (χ0) is 12.3. The van der Waals surface area contributed by atoms with Crippen molar-refractivity contribution in [3.8, 4) is 5.75 Å². The van der Waals surface area contributed by atoms with Crippen LogP contribution in [0.2, 0.25) is 0 Å². The number of hydrogen-bond acceptors (Lipinski definition) is 3. The molecule has 4 heteroatoms. The molecule has 0 saturated carbocycles. The van der Waals surface area contributed by atoms with Gasteiger partial charge in [-0.15, -0.1) is 0 Å². The van der Waals surface area contributed by atoms with Gasteiger partial charge in [0.1, 0.15) is 0 Å². The molecule has 1 aromatic heterocycles. The van der Waals surface area contributed by atoms with E-state index in [0.29, 0.717) is 0 Å². The third-order valence-electron chi connectivity index (χ3n) is 2.64. The van der Waals surface area contributed by atoms with Crippen LogP contribution >= 0.6 is 11.3 Å². The SMILES string of the molecule is COc1ccc(C(N)Cc2ccsc2)cc1F. The van der Waals surface area contributed by atoms with Crippen LogP contribution < -0.4 is 10.5 Å². The lowest BCUT2D eigenvalue weighted by atomic mass is 10.0. The summed E-state index contributed by atoms with van der Waals surface area (Å²) in [6.45, 7) is 0. The summed E-state index contributed by atoms with van der Waals surface area (Å²) in [5.41, 5.74) is 8.01. The first kappa shape index (κ1) is 12.1. The summed E-state index contributed by atoms with van der Waals surface area (Å²) in [4.78, 5) is 0. The number of hydrogen-bond donors (Lipinski definition) is 1. The first-order chi connectivity index (χ1) is 8.20. The lowest BCUT2D eigenvalue weighted by Crippen LogP contribution is -2.13. The number of thiophene rings is 1. The Bertz CT molecular complexity index is 484. The topological polar surface area (TPSA) is 35.2 Å². The molecule has 2 nitrogen and oxygen atoms in total. The third-order valence-corrected chi connectivity index (χ3v) is 3.37. The fraction of sp³-hybridized carbons (Fsp3) is 0.231. The van der Waals surface area contributed by atoms with Crippen molar-refractivity contribution < 1.29 is 9.13 Å². The molecule has 0 bridgehead atoms. The Morgan fingerprint density at radius 2 is 2.24 bits per heavy atom. The minimum Gasteiger partial charge on any atom is -0.494 e. The predicted molar refractivity (Wildman–Crippen MR) is 67.9 cm³/mol.